The van der Waals surface area contributed by atoms with Gasteiger partial charge in [0.1, 0.15) is 5.54 Å². The Morgan fingerprint density at radius 1 is 1.33 bits per heavy atom. The minimum Gasteiger partial charge on any atom is -0.337 e. The minimum atomic E-state index is -0.581. The lowest BCUT2D eigenvalue weighted by molar-refractivity contribution is -0.123. The van der Waals surface area contributed by atoms with Crippen molar-refractivity contribution in [1.29, 1.82) is 5.26 Å². The van der Waals surface area contributed by atoms with Crippen molar-refractivity contribution in [2.75, 3.05) is 33.2 Å². The largest absolute Gasteiger partial charge is 0.337 e. The first-order valence-electron chi connectivity index (χ1n) is 8.27. The highest BCUT2D eigenvalue weighted by molar-refractivity contribution is 5.79. The lowest BCUT2D eigenvalue weighted by atomic mass is 9.93. The van der Waals surface area contributed by atoms with E-state index in [1.807, 2.05) is 7.05 Å². The second kappa shape index (κ2) is 7.77. The highest BCUT2D eigenvalue weighted by atomic mass is 16.2. The van der Waals surface area contributed by atoms with E-state index in [1.54, 1.807) is 0 Å². The minimum absolute atomic E-state index is 0.0205. The van der Waals surface area contributed by atoms with Crippen molar-refractivity contribution in [3.63, 3.8) is 0 Å². The number of nitriles is 1. The zero-order chi connectivity index (χ0) is 15.1. The molecule has 1 amide bonds. The van der Waals surface area contributed by atoms with Gasteiger partial charge in [0.15, 0.2) is 0 Å². The molecule has 1 aliphatic heterocycles. The number of hydrogen-bond acceptors (Lipinski definition) is 4. The van der Waals surface area contributed by atoms with E-state index in [9.17, 15) is 10.1 Å². The first kappa shape index (κ1) is 16.3. The van der Waals surface area contributed by atoms with E-state index in [0.717, 1.165) is 51.2 Å². The predicted octanol–water partition coefficient (Wildman–Crippen LogP) is 1.26. The number of carbonyl (C=O) groups excluding carboxylic acids is 1. The summed E-state index contributed by atoms with van der Waals surface area (Å²) in [4.78, 5) is 14.4. The lowest BCUT2D eigenvalue weighted by Gasteiger charge is -2.32. The third-order valence-corrected chi connectivity index (χ3v) is 4.93. The molecule has 0 radical (unpaired) electrons. The number of amides is 1. The van der Waals surface area contributed by atoms with Gasteiger partial charge in [0, 0.05) is 0 Å². The Hall–Kier alpha value is -1.12. The third-order valence-electron chi connectivity index (χ3n) is 4.93. The van der Waals surface area contributed by atoms with Crippen LogP contribution in [0.25, 0.3) is 0 Å². The summed E-state index contributed by atoms with van der Waals surface area (Å²) in [5, 5.41) is 15.5. The molecule has 0 bridgehead atoms. The van der Waals surface area contributed by atoms with E-state index < -0.39 is 5.54 Å². The Kier molecular flexibility index (Phi) is 6.01. The fourth-order valence-corrected chi connectivity index (χ4v) is 3.53. The maximum absolute atomic E-state index is 12.2. The number of rotatable bonds is 6. The zero-order valence-corrected chi connectivity index (χ0v) is 13.2. The Bertz CT molecular complexity index is 376. The lowest BCUT2D eigenvalue weighted by Crippen LogP contribution is -2.50. The highest BCUT2D eigenvalue weighted by Crippen LogP contribution is 2.28. The summed E-state index contributed by atoms with van der Waals surface area (Å²) < 4.78 is 0. The van der Waals surface area contributed by atoms with E-state index >= 15 is 0 Å². The summed E-state index contributed by atoms with van der Waals surface area (Å²) in [7, 11) is 1.99. The molecule has 118 valence electrons. The molecule has 0 atom stereocenters. The van der Waals surface area contributed by atoms with Gasteiger partial charge in [0.05, 0.1) is 12.6 Å². The molecule has 2 fully saturated rings. The third kappa shape index (κ3) is 4.69. The molecule has 1 aliphatic carbocycles. The highest BCUT2D eigenvalue weighted by Gasteiger charge is 2.35. The number of hydrogen-bond donors (Lipinski definition) is 2. The molecule has 5 nitrogen and oxygen atoms in total. The van der Waals surface area contributed by atoms with Crippen LogP contribution in [0.3, 0.4) is 0 Å². The van der Waals surface area contributed by atoms with Crippen molar-refractivity contribution in [2.24, 2.45) is 5.92 Å². The van der Waals surface area contributed by atoms with E-state index in [2.05, 4.69) is 21.6 Å². The molecule has 2 N–H and O–H groups in total. The van der Waals surface area contributed by atoms with Gasteiger partial charge in [-0.05, 0) is 77.5 Å². The smallest absolute Gasteiger partial charge is 0.235 e. The topological polar surface area (TPSA) is 68.2 Å². The van der Waals surface area contributed by atoms with Crippen LogP contribution < -0.4 is 10.6 Å². The molecular weight excluding hydrogens is 264 g/mol. The van der Waals surface area contributed by atoms with Crippen LogP contribution in [0.2, 0.25) is 0 Å². The molecule has 21 heavy (non-hydrogen) atoms. The predicted molar refractivity (Wildman–Crippen MR) is 82.7 cm³/mol. The zero-order valence-electron chi connectivity index (χ0n) is 13.2. The van der Waals surface area contributed by atoms with Crippen molar-refractivity contribution >= 4 is 5.91 Å². The molecule has 0 unspecified atom stereocenters. The molecule has 1 heterocycles. The van der Waals surface area contributed by atoms with E-state index in [1.165, 1.54) is 19.3 Å². The molecule has 1 saturated carbocycles. The van der Waals surface area contributed by atoms with Crippen molar-refractivity contribution in [3.8, 4) is 6.07 Å². The monoisotopic (exact) mass is 292 g/mol. The van der Waals surface area contributed by atoms with E-state index in [-0.39, 0.29) is 5.91 Å². The van der Waals surface area contributed by atoms with Crippen LogP contribution in [0.15, 0.2) is 0 Å². The molecule has 0 aromatic carbocycles. The van der Waals surface area contributed by atoms with Gasteiger partial charge < -0.3 is 10.6 Å². The van der Waals surface area contributed by atoms with Crippen LogP contribution in [-0.2, 0) is 4.79 Å². The SMILES string of the molecule is CNCCC1CCN(CC(=O)NC2(C#N)CCCC2)CC1. The van der Waals surface area contributed by atoms with Gasteiger partial charge in [-0.25, -0.2) is 0 Å². The van der Waals surface area contributed by atoms with Crippen LogP contribution in [0.4, 0.5) is 0 Å². The normalized spacial score (nSPS) is 22.9. The quantitative estimate of drug-likeness (QED) is 0.773. The molecule has 2 aliphatic rings. The molecular formula is C16H28N4O. The van der Waals surface area contributed by atoms with Gasteiger partial charge in [0.25, 0.3) is 0 Å². The molecule has 1 saturated heterocycles. The number of carbonyl (C=O) groups is 1. The van der Waals surface area contributed by atoms with Gasteiger partial charge in [-0.2, -0.15) is 5.26 Å². The van der Waals surface area contributed by atoms with Crippen molar-refractivity contribution < 1.29 is 4.79 Å². The number of piperidine rings is 1. The van der Waals surface area contributed by atoms with Crippen molar-refractivity contribution in [2.45, 2.75) is 50.5 Å². The summed E-state index contributed by atoms with van der Waals surface area (Å²) in [6.45, 7) is 3.53. The van der Waals surface area contributed by atoms with Crippen LogP contribution in [0.5, 0.6) is 0 Å². The number of nitrogens with one attached hydrogen (secondary N) is 2. The molecule has 0 spiro atoms. The average molecular weight is 292 g/mol. The van der Waals surface area contributed by atoms with Gasteiger partial charge in [-0.15, -0.1) is 0 Å². The van der Waals surface area contributed by atoms with Gasteiger partial charge >= 0.3 is 0 Å². The first-order chi connectivity index (χ1) is 10.2. The van der Waals surface area contributed by atoms with Crippen LogP contribution in [0, 0.1) is 17.2 Å². The van der Waals surface area contributed by atoms with E-state index in [0.29, 0.717) is 6.54 Å². The van der Waals surface area contributed by atoms with Crippen LogP contribution in [0.1, 0.15) is 44.9 Å². The fourth-order valence-electron chi connectivity index (χ4n) is 3.53. The van der Waals surface area contributed by atoms with E-state index in [4.69, 9.17) is 0 Å². The summed E-state index contributed by atoms with van der Waals surface area (Å²) in [5.74, 6) is 0.809. The Labute approximate surface area is 128 Å². The number of nitrogens with zero attached hydrogens (tertiary/aromatic N) is 2. The summed E-state index contributed by atoms with van der Waals surface area (Å²) in [6.07, 6.45) is 7.29. The van der Waals surface area contributed by atoms with Gasteiger partial charge in [-0.3, -0.25) is 9.69 Å². The van der Waals surface area contributed by atoms with Crippen LogP contribution in [-0.4, -0.2) is 49.6 Å². The molecule has 0 aromatic rings. The van der Waals surface area contributed by atoms with Gasteiger partial charge in [0.2, 0.25) is 5.91 Å². The average Bonchev–Trinajstić information content (AvgIpc) is 2.95. The Morgan fingerprint density at radius 2 is 2.00 bits per heavy atom. The second-order valence-corrected chi connectivity index (χ2v) is 6.56. The maximum Gasteiger partial charge on any atom is 0.235 e. The Balaban J connectivity index is 1.71. The second-order valence-electron chi connectivity index (χ2n) is 6.56. The molecule has 0 aromatic heterocycles. The molecule has 2 rings (SSSR count). The first-order valence-corrected chi connectivity index (χ1v) is 8.27. The van der Waals surface area contributed by atoms with Gasteiger partial charge in [-0.1, -0.05) is 0 Å². The van der Waals surface area contributed by atoms with Crippen LogP contribution >= 0.6 is 0 Å². The summed E-state index contributed by atoms with van der Waals surface area (Å²) in [5.41, 5.74) is -0.581. The summed E-state index contributed by atoms with van der Waals surface area (Å²) in [6, 6.07) is 2.32. The summed E-state index contributed by atoms with van der Waals surface area (Å²) >= 11 is 0. The maximum atomic E-state index is 12.2. The number of likely N-dealkylation sites (tertiary alicyclic amines) is 1. The van der Waals surface area contributed by atoms with Crippen molar-refractivity contribution in [3.05, 3.63) is 0 Å². The fraction of sp³-hybridized carbons (Fsp3) is 0.875. The Morgan fingerprint density at radius 3 is 2.57 bits per heavy atom. The standard InChI is InChI=1S/C16H28N4O/c1-18-9-4-14-5-10-20(11-6-14)12-15(21)19-16(13-17)7-2-3-8-16/h14,18H,2-12H2,1H3,(H,19,21). The molecule has 5 heteroatoms. The van der Waals surface area contributed by atoms with Crippen molar-refractivity contribution in [1.82, 2.24) is 15.5 Å².